The Morgan fingerprint density at radius 3 is 2.62 bits per heavy atom. The van der Waals surface area contributed by atoms with Gasteiger partial charge in [0.1, 0.15) is 11.5 Å². The molecule has 0 fully saturated rings. The summed E-state index contributed by atoms with van der Waals surface area (Å²) in [6.45, 7) is 4.43. The number of aliphatic hydroxyl groups excluding tert-OH is 1. The van der Waals surface area contributed by atoms with Crippen LogP contribution in [0.1, 0.15) is 25.5 Å². The number of ether oxygens (including phenoxy) is 2. The van der Waals surface area contributed by atoms with Crippen LogP contribution in [0.15, 0.2) is 18.2 Å². The lowest BCUT2D eigenvalue weighted by atomic mass is 10.1. The highest BCUT2D eigenvalue weighted by Gasteiger charge is 2.17. The molecule has 0 aliphatic heterocycles. The van der Waals surface area contributed by atoms with E-state index in [0.717, 1.165) is 0 Å². The Kier molecular flexibility index (Phi) is 6.98. The van der Waals surface area contributed by atoms with Crippen LogP contribution >= 0.6 is 0 Å². The third-order valence-corrected chi connectivity index (χ3v) is 3.16. The monoisotopic (exact) mass is 296 g/mol. The number of carbonyl (C=O) groups is 1. The Morgan fingerprint density at radius 1 is 1.33 bits per heavy atom. The first-order valence-electron chi connectivity index (χ1n) is 6.94. The second-order valence-corrected chi connectivity index (χ2v) is 4.65. The van der Waals surface area contributed by atoms with Gasteiger partial charge in [-0.05, 0) is 32.0 Å². The highest BCUT2D eigenvalue weighted by molar-refractivity contribution is 5.81. The van der Waals surface area contributed by atoms with Crippen LogP contribution in [0.25, 0.3) is 0 Å². The van der Waals surface area contributed by atoms with Gasteiger partial charge in [-0.1, -0.05) is 0 Å². The molecule has 0 aliphatic carbocycles. The lowest BCUT2D eigenvalue weighted by Gasteiger charge is -2.19. The largest absolute Gasteiger partial charge is 0.497 e. The van der Waals surface area contributed by atoms with Crippen molar-refractivity contribution in [2.45, 2.75) is 26.0 Å². The van der Waals surface area contributed by atoms with Gasteiger partial charge in [0.2, 0.25) is 5.91 Å². The minimum atomic E-state index is -0.799. The number of hydrogen-bond acceptors (Lipinski definition) is 5. The molecule has 1 rings (SSSR count). The topological polar surface area (TPSA) is 79.8 Å². The maximum absolute atomic E-state index is 11.6. The fraction of sp³-hybridized carbons (Fsp3) is 0.533. The highest BCUT2D eigenvalue weighted by atomic mass is 16.5. The number of carbonyl (C=O) groups excluding carboxylic acids is 1. The van der Waals surface area contributed by atoms with Crippen LogP contribution in [0, 0.1) is 0 Å². The number of aliphatic hydroxyl groups is 1. The molecule has 0 spiro atoms. The second kappa shape index (κ2) is 8.49. The first-order chi connectivity index (χ1) is 10.0. The summed E-state index contributed by atoms with van der Waals surface area (Å²) in [5.74, 6) is 1.12. The van der Waals surface area contributed by atoms with Gasteiger partial charge in [-0.15, -0.1) is 0 Å². The molecule has 2 atom stereocenters. The third-order valence-electron chi connectivity index (χ3n) is 3.16. The molecule has 0 bridgehead atoms. The van der Waals surface area contributed by atoms with Gasteiger partial charge in [-0.2, -0.15) is 0 Å². The van der Waals surface area contributed by atoms with E-state index in [1.807, 2.05) is 6.92 Å². The maximum Gasteiger partial charge on any atom is 0.236 e. The van der Waals surface area contributed by atoms with Gasteiger partial charge in [0.25, 0.3) is 0 Å². The van der Waals surface area contributed by atoms with Gasteiger partial charge >= 0.3 is 0 Å². The normalized spacial score (nSPS) is 13.4. The van der Waals surface area contributed by atoms with Crippen LogP contribution in [-0.4, -0.2) is 44.4 Å². The summed E-state index contributed by atoms with van der Waals surface area (Å²) in [6, 6.07) is 4.85. The molecule has 2 unspecified atom stereocenters. The van der Waals surface area contributed by atoms with Crippen molar-refractivity contribution in [3.8, 4) is 11.5 Å². The fourth-order valence-corrected chi connectivity index (χ4v) is 1.92. The van der Waals surface area contributed by atoms with Gasteiger partial charge in [-0.3, -0.25) is 4.79 Å². The molecule has 21 heavy (non-hydrogen) atoms. The number of methoxy groups -OCH3 is 2. The molecule has 0 saturated heterocycles. The van der Waals surface area contributed by atoms with Crippen LogP contribution in [-0.2, 0) is 4.79 Å². The predicted molar refractivity (Wildman–Crippen MR) is 80.7 cm³/mol. The van der Waals surface area contributed by atoms with Gasteiger partial charge in [0.15, 0.2) is 0 Å². The van der Waals surface area contributed by atoms with Crippen molar-refractivity contribution in [2.75, 3.05) is 27.3 Å². The highest BCUT2D eigenvalue weighted by Crippen LogP contribution is 2.29. The molecule has 6 heteroatoms. The molecule has 0 aromatic heterocycles. The standard InChI is InChI=1S/C15H24N2O4/c1-5-16-15(19)10(2)17-9-13(18)12-8-11(20-3)6-7-14(12)21-4/h6-8,10,13,17-18H,5,9H2,1-4H3,(H,16,19). The second-order valence-electron chi connectivity index (χ2n) is 4.65. The summed E-state index contributed by atoms with van der Waals surface area (Å²) in [5.41, 5.74) is 0.618. The van der Waals surface area contributed by atoms with Crippen molar-refractivity contribution in [1.29, 1.82) is 0 Å². The van der Waals surface area contributed by atoms with Crippen LogP contribution < -0.4 is 20.1 Å². The lowest BCUT2D eigenvalue weighted by Crippen LogP contribution is -2.43. The molecule has 0 aliphatic rings. The van der Waals surface area contributed by atoms with E-state index in [9.17, 15) is 9.90 Å². The maximum atomic E-state index is 11.6. The summed E-state index contributed by atoms with van der Waals surface area (Å²) in [5, 5.41) is 16.0. The summed E-state index contributed by atoms with van der Waals surface area (Å²) in [7, 11) is 3.11. The first kappa shape index (κ1) is 17.3. The third kappa shape index (κ3) is 4.91. The smallest absolute Gasteiger partial charge is 0.236 e. The van der Waals surface area contributed by atoms with Crippen molar-refractivity contribution in [1.82, 2.24) is 10.6 Å². The van der Waals surface area contributed by atoms with E-state index in [2.05, 4.69) is 10.6 Å². The number of rotatable bonds is 8. The number of nitrogens with one attached hydrogen (secondary N) is 2. The number of hydrogen-bond donors (Lipinski definition) is 3. The average Bonchev–Trinajstić information content (AvgIpc) is 2.51. The van der Waals surface area contributed by atoms with Gasteiger partial charge in [-0.25, -0.2) is 0 Å². The van der Waals surface area contributed by atoms with Crippen LogP contribution in [0.5, 0.6) is 11.5 Å². The molecule has 6 nitrogen and oxygen atoms in total. The van der Waals surface area contributed by atoms with E-state index in [1.165, 1.54) is 0 Å². The van der Waals surface area contributed by atoms with E-state index >= 15 is 0 Å². The van der Waals surface area contributed by atoms with Crippen LogP contribution in [0.3, 0.4) is 0 Å². The average molecular weight is 296 g/mol. The van der Waals surface area contributed by atoms with Gasteiger partial charge in [0, 0.05) is 18.7 Å². The van der Waals surface area contributed by atoms with Gasteiger partial charge in [0.05, 0.1) is 26.4 Å². The first-order valence-corrected chi connectivity index (χ1v) is 6.94. The lowest BCUT2D eigenvalue weighted by molar-refractivity contribution is -0.122. The van der Waals surface area contributed by atoms with E-state index in [-0.39, 0.29) is 18.5 Å². The summed E-state index contributed by atoms with van der Waals surface area (Å²) < 4.78 is 10.4. The van der Waals surface area contributed by atoms with E-state index < -0.39 is 6.10 Å². The van der Waals surface area contributed by atoms with Crippen LogP contribution in [0.4, 0.5) is 0 Å². The zero-order valence-corrected chi connectivity index (χ0v) is 13.0. The Bertz CT molecular complexity index is 465. The quantitative estimate of drug-likeness (QED) is 0.663. The molecule has 0 saturated carbocycles. The minimum absolute atomic E-state index is 0.0951. The molecule has 118 valence electrons. The zero-order chi connectivity index (χ0) is 15.8. The van der Waals surface area contributed by atoms with Crippen molar-refractivity contribution >= 4 is 5.91 Å². The summed E-state index contributed by atoms with van der Waals surface area (Å²) in [6.07, 6.45) is -0.799. The molecular weight excluding hydrogens is 272 g/mol. The molecular formula is C15H24N2O4. The van der Waals surface area contributed by atoms with E-state index in [0.29, 0.717) is 23.6 Å². The molecule has 1 aromatic rings. The Balaban J connectivity index is 2.70. The SMILES string of the molecule is CCNC(=O)C(C)NCC(O)c1cc(OC)ccc1OC. The molecule has 3 N–H and O–H groups in total. The number of amides is 1. The van der Waals surface area contributed by atoms with Crippen molar-refractivity contribution < 1.29 is 19.4 Å². The molecule has 1 amide bonds. The Hall–Kier alpha value is -1.79. The zero-order valence-electron chi connectivity index (χ0n) is 13.0. The van der Waals surface area contributed by atoms with Crippen molar-refractivity contribution in [3.63, 3.8) is 0 Å². The van der Waals surface area contributed by atoms with E-state index in [4.69, 9.17) is 9.47 Å². The number of likely N-dealkylation sites (N-methyl/N-ethyl adjacent to an activating group) is 1. The Morgan fingerprint density at radius 2 is 2.05 bits per heavy atom. The number of benzene rings is 1. The van der Waals surface area contributed by atoms with Crippen molar-refractivity contribution in [2.24, 2.45) is 0 Å². The molecule has 0 heterocycles. The molecule has 0 radical (unpaired) electrons. The minimum Gasteiger partial charge on any atom is -0.497 e. The molecule has 1 aromatic carbocycles. The summed E-state index contributed by atoms with van der Waals surface area (Å²) >= 11 is 0. The van der Waals surface area contributed by atoms with E-state index in [1.54, 1.807) is 39.3 Å². The predicted octanol–water partition coefficient (Wildman–Crippen LogP) is 0.851. The van der Waals surface area contributed by atoms with Crippen LogP contribution in [0.2, 0.25) is 0 Å². The van der Waals surface area contributed by atoms with Gasteiger partial charge < -0.3 is 25.2 Å². The van der Waals surface area contributed by atoms with Crippen molar-refractivity contribution in [3.05, 3.63) is 23.8 Å². The summed E-state index contributed by atoms with van der Waals surface area (Å²) in [4.78, 5) is 11.6. The Labute approximate surface area is 125 Å². The fourth-order valence-electron chi connectivity index (χ4n) is 1.92.